The van der Waals surface area contributed by atoms with Crippen molar-refractivity contribution in [3.8, 4) is 0 Å². The maximum Gasteiger partial charge on any atom is 0.193 e. The van der Waals surface area contributed by atoms with Gasteiger partial charge in [-0.2, -0.15) is 0 Å². The first-order valence-corrected chi connectivity index (χ1v) is 11.7. The Morgan fingerprint density at radius 1 is 1.11 bits per heavy atom. The van der Waals surface area contributed by atoms with Crippen LogP contribution in [0.25, 0.3) is 0 Å². The molecule has 1 N–H and O–H groups in total. The molecule has 2 heterocycles. The monoisotopic (exact) mass is 514 g/mol. The Morgan fingerprint density at radius 3 is 2.19 bits per heavy atom. The molecule has 2 aliphatic heterocycles. The normalized spacial score (nSPS) is 24.8. The van der Waals surface area contributed by atoms with E-state index in [2.05, 4.69) is 34.0 Å². The molecule has 27 heavy (non-hydrogen) atoms. The first kappa shape index (κ1) is 24.9. The molecule has 1 atom stereocenters. The van der Waals surface area contributed by atoms with Gasteiger partial charge in [0.25, 0.3) is 0 Å². The van der Waals surface area contributed by atoms with Gasteiger partial charge < -0.3 is 10.2 Å². The predicted molar refractivity (Wildman–Crippen MR) is 125 cm³/mol. The van der Waals surface area contributed by atoms with Crippen LogP contribution >= 0.6 is 24.0 Å². The molecule has 2 fully saturated rings. The number of hydrogen-bond donors (Lipinski definition) is 1. The standard InChI is InChI=1S/C19H38N4O2S.HI/c1-16(2)17(22-10-8-6-7-9-11-22)14-21-18(20-5)23-12-13-26(24,25)19(3,4)15-23;/h16-17H,6-15H2,1-5H3,(H,20,21);1H. The molecule has 0 radical (unpaired) electrons. The van der Waals surface area contributed by atoms with Gasteiger partial charge in [0.15, 0.2) is 15.8 Å². The van der Waals surface area contributed by atoms with Gasteiger partial charge in [0, 0.05) is 32.7 Å². The number of guanidine groups is 1. The second-order valence-corrected chi connectivity index (χ2v) is 11.4. The highest BCUT2D eigenvalue weighted by molar-refractivity contribution is 14.0. The summed E-state index contributed by atoms with van der Waals surface area (Å²) in [5.74, 6) is 1.59. The van der Waals surface area contributed by atoms with Gasteiger partial charge in [-0.3, -0.25) is 9.89 Å². The maximum absolute atomic E-state index is 12.3. The lowest BCUT2D eigenvalue weighted by Gasteiger charge is -2.40. The van der Waals surface area contributed by atoms with Crippen LogP contribution < -0.4 is 5.32 Å². The van der Waals surface area contributed by atoms with Crippen LogP contribution in [0.15, 0.2) is 4.99 Å². The number of hydrogen-bond acceptors (Lipinski definition) is 4. The summed E-state index contributed by atoms with van der Waals surface area (Å²) in [6.07, 6.45) is 5.26. The molecule has 0 aromatic carbocycles. The van der Waals surface area contributed by atoms with Gasteiger partial charge in [0.05, 0.1) is 10.5 Å². The molecular weight excluding hydrogens is 475 g/mol. The van der Waals surface area contributed by atoms with E-state index in [1.165, 1.54) is 38.8 Å². The largest absolute Gasteiger partial charge is 0.355 e. The van der Waals surface area contributed by atoms with Crippen molar-refractivity contribution < 1.29 is 8.42 Å². The molecule has 0 bridgehead atoms. The van der Waals surface area contributed by atoms with E-state index in [1.54, 1.807) is 7.05 Å². The van der Waals surface area contributed by atoms with E-state index in [9.17, 15) is 8.42 Å². The highest BCUT2D eigenvalue weighted by Crippen LogP contribution is 2.24. The third-order valence-corrected chi connectivity index (χ3v) is 8.44. The molecule has 8 heteroatoms. The van der Waals surface area contributed by atoms with Crippen LogP contribution in [0.1, 0.15) is 53.4 Å². The van der Waals surface area contributed by atoms with E-state index in [0.717, 1.165) is 12.5 Å². The topological polar surface area (TPSA) is 65.0 Å². The van der Waals surface area contributed by atoms with Gasteiger partial charge in [-0.25, -0.2) is 8.42 Å². The third kappa shape index (κ3) is 6.45. The molecule has 2 rings (SSSR count). The Kier molecular flexibility index (Phi) is 9.81. The fourth-order valence-corrected chi connectivity index (χ4v) is 5.43. The molecule has 160 valence electrons. The SMILES string of the molecule is CN=C(NCC(C(C)C)N1CCCCCC1)N1CCS(=O)(=O)C(C)(C)C1.I. The zero-order valence-electron chi connectivity index (χ0n) is 17.7. The summed E-state index contributed by atoms with van der Waals surface area (Å²) in [5, 5.41) is 3.54. The van der Waals surface area contributed by atoms with Crippen LogP contribution in [0.3, 0.4) is 0 Å². The molecule has 1 unspecified atom stereocenters. The molecule has 0 aromatic rings. The van der Waals surface area contributed by atoms with E-state index in [1.807, 2.05) is 13.8 Å². The molecule has 0 amide bonds. The number of rotatable bonds is 4. The quantitative estimate of drug-likeness (QED) is 0.355. The average Bonchev–Trinajstić information content (AvgIpc) is 2.83. The van der Waals surface area contributed by atoms with Gasteiger partial charge in [0.2, 0.25) is 0 Å². The lowest BCUT2D eigenvalue weighted by atomic mass is 10.0. The fraction of sp³-hybridized carbons (Fsp3) is 0.947. The molecular formula is C19H39IN4O2S. The van der Waals surface area contributed by atoms with Crippen molar-refractivity contribution in [2.75, 3.05) is 45.5 Å². The Hall–Kier alpha value is -0.0900. The van der Waals surface area contributed by atoms with Gasteiger partial charge in [-0.1, -0.05) is 26.7 Å². The first-order chi connectivity index (χ1) is 12.2. The molecule has 0 saturated carbocycles. The summed E-state index contributed by atoms with van der Waals surface area (Å²) in [6, 6.07) is 0.478. The zero-order valence-corrected chi connectivity index (χ0v) is 20.8. The summed E-state index contributed by atoms with van der Waals surface area (Å²) in [5.41, 5.74) is 0. The summed E-state index contributed by atoms with van der Waals surface area (Å²) in [6.45, 7) is 12.4. The Morgan fingerprint density at radius 2 is 1.70 bits per heavy atom. The molecule has 0 aromatic heterocycles. The van der Waals surface area contributed by atoms with Crippen LogP contribution in [-0.4, -0.2) is 80.5 Å². The van der Waals surface area contributed by atoms with Crippen LogP contribution in [0.5, 0.6) is 0 Å². The smallest absolute Gasteiger partial charge is 0.193 e. The number of aliphatic imine (C=N–C) groups is 1. The Labute approximate surface area is 183 Å². The molecule has 6 nitrogen and oxygen atoms in total. The van der Waals surface area contributed by atoms with Crippen molar-refractivity contribution in [3.63, 3.8) is 0 Å². The summed E-state index contributed by atoms with van der Waals surface area (Å²) in [4.78, 5) is 9.16. The third-order valence-electron chi connectivity index (χ3n) is 5.90. The van der Waals surface area contributed by atoms with E-state index in [0.29, 0.717) is 25.0 Å². The van der Waals surface area contributed by atoms with Crippen molar-refractivity contribution in [3.05, 3.63) is 0 Å². The minimum atomic E-state index is -3.03. The highest BCUT2D eigenvalue weighted by atomic mass is 127. The molecule has 0 aliphatic carbocycles. The summed E-state index contributed by atoms with van der Waals surface area (Å²) < 4.78 is 23.8. The zero-order chi connectivity index (χ0) is 19.4. The average molecular weight is 515 g/mol. The first-order valence-electron chi connectivity index (χ1n) is 10.1. The van der Waals surface area contributed by atoms with Gasteiger partial charge >= 0.3 is 0 Å². The Balaban J connectivity index is 0.00000364. The number of sulfone groups is 1. The number of likely N-dealkylation sites (tertiary alicyclic amines) is 1. The van der Waals surface area contributed by atoms with Crippen molar-refractivity contribution >= 4 is 39.8 Å². The minimum Gasteiger partial charge on any atom is -0.355 e. The maximum atomic E-state index is 12.3. The lowest BCUT2D eigenvalue weighted by Crippen LogP contribution is -2.58. The number of nitrogens with one attached hydrogen (secondary N) is 1. The predicted octanol–water partition coefficient (Wildman–Crippen LogP) is 2.59. The van der Waals surface area contributed by atoms with Gasteiger partial charge in [-0.15, -0.1) is 24.0 Å². The molecule has 2 aliphatic rings. The van der Waals surface area contributed by atoms with E-state index >= 15 is 0 Å². The van der Waals surface area contributed by atoms with Crippen molar-refractivity contribution in [2.45, 2.75) is 64.2 Å². The van der Waals surface area contributed by atoms with E-state index in [-0.39, 0.29) is 29.7 Å². The minimum absolute atomic E-state index is 0. The summed E-state index contributed by atoms with van der Waals surface area (Å²) >= 11 is 0. The van der Waals surface area contributed by atoms with E-state index in [4.69, 9.17) is 0 Å². The Bertz CT molecular complexity index is 585. The van der Waals surface area contributed by atoms with Gasteiger partial charge in [0.1, 0.15) is 0 Å². The number of nitrogens with zero attached hydrogens (tertiary/aromatic N) is 3. The van der Waals surface area contributed by atoms with Crippen LogP contribution in [0.4, 0.5) is 0 Å². The van der Waals surface area contributed by atoms with Crippen LogP contribution in [0.2, 0.25) is 0 Å². The summed E-state index contributed by atoms with van der Waals surface area (Å²) in [7, 11) is -1.25. The second-order valence-electron chi connectivity index (χ2n) is 8.69. The van der Waals surface area contributed by atoms with Crippen LogP contribution in [-0.2, 0) is 9.84 Å². The molecule has 2 saturated heterocycles. The highest BCUT2D eigenvalue weighted by Gasteiger charge is 2.41. The van der Waals surface area contributed by atoms with Crippen LogP contribution in [0, 0.1) is 5.92 Å². The second kappa shape index (κ2) is 10.6. The molecule has 0 spiro atoms. The van der Waals surface area contributed by atoms with Gasteiger partial charge in [-0.05, 0) is 45.7 Å². The fourth-order valence-electron chi connectivity index (χ4n) is 4.07. The lowest BCUT2D eigenvalue weighted by molar-refractivity contribution is 0.160. The van der Waals surface area contributed by atoms with Crippen molar-refractivity contribution in [1.29, 1.82) is 0 Å². The van der Waals surface area contributed by atoms with E-state index < -0.39 is 14.6 Å². The van der Waals surface area contributed by atoms with Crippen molar-refractivity contribution in [2.24, 2.45) is 10.9 Å². The van der Waals surface area contributed by atoms with Crippen molar-refractivity contribution in [1.82, 2.24) is 15.1 Å². The number of halogens is 1.